The summed E-state index contributed by atoms with van der Waals surface area (Å²) in [5, 5.41) is 2.70. The van der Waals surface area contributed by atoms with E-state index in [4.69, 9.17) is 11.5 Å². The van der Waals surface area contributed by atoms with Gasteiger partial charge in [0.1, 0.15) is 5.82 Å². The lowest BCUT2D eigenvalue weighted by molar-refractivity contribution is -0.216. The van der Waals surface area contributed by atoms with Gasteiger partial charge in [-0.05, 0) is 75.4 Å². The molecule has 210 valence electrons. The summed E-state index contributed by atoms with van der Waals surface area (Å²) in [7, 11) is 0. The Morgan fingerprint density at radius 2 is 1.67 bits per heavy atom. The number of carbonyl (C=O) groups excluding carboxylic acids is 2. The number of rotatable bonds is 8. The lowest BCUT2D eigenvalue weighted by Crippen LogP contribution is -2.76. The Kier molecular flexibility index (Phi) is 7.02. The van der Waals surface area contributed by atoms with Crippen LogP contribution in [0.15, 0.2) is 41.3 Å². The fourth-order valence-electron chi connectivity index (χ4n) is 6.47. The van der Waals surface area contributed by atoms with Crippen molar-refractivity contribution in [3.8, 4) is 5.69 Å². The molecule has 5 N–H and O–H groups in total. The molecule has 11 heteroatoms. The van der Waals surface area contributed by atoms with Gasteiger partial charge in [-0.1, -0.05) is 19.1 Å². The standard InChI is InChI=1S/C28H40N8O3/c1-4-35(28-16-27(17-28,18-28)19-29)15-20-5-7-21(8-6-20)36-10-9-22(32-25(36)39)31-24(38)34-13-11-33(12-14-34)23(37)26(2,3)30/h5-10H,4,11-19,29-30H2,1-3H3,(H,31,32,38,39). The minimum Gasteiger partial charge on any atom is -0.338 e. The van der Waals surface area contributed by atoms with Gasteiger partial charge in [-0.3, -0.25) is 19.6 Å². The minimum absolute atomic E-state index is 0.140. The number of carbonyl (C=O) groups is 2. The highest BCUT2D eigenvalue weighted by molar-refractivity contribution is 5.89. The molecule has 3 amide bonds. The molecule has 3 saturated carbocycles. The van der Waals surface area contributed by atoms with Gasteiger partial charge in [-0.15, -0.1) is 0 Å². The number of amides is 3. The number of aromatic nitrogens is 2. The Bertz CT molecular complexity index is 1270. The molecule has 1 saturated heterocycles. The Hall–Kier alpha value is -3.28. The zero-order chi connectivity index (χ0) is 28.0. The summed E-state index contributed by atoms with van der Waals surface area (Å²) in [5.74, 6) is 0.0467. The molecule has 2 heterocycles. The molecular formula is C28H40N8O3. The number of nitrogens with one attached hydrogen (secondary N) is 1. The van der Waals surface area contributed by atoms with Gasteiger partial charge in [0.15, 0.2) is 0 Å². The normalized spacial score (nSPS) is 24.3. The second-order valence-electron chi connectivity index (χ2n) is 12.0. The highest BCUT2D eigenvalue weighted by Crippen LogP contribution is 2.69. The summed E-state index contributed by atoms with van der Waals surface area (Å²) in [5.41, 5.74) is 13.1. The maximum absolute atomic E-state index is 12.8. The SMILES string of the molecule is CCN(Cc1ccc(-n2ccc(NC(=O)N3CCN(C(=O)C(C)(C)N)CC3)nc2=O)cc1)C12CC(CN)(C1)C2. The smallest absolute Gasteiger partial charge is 0.338 e. The number of urea groups is 1. The molecule has 4 fully saturated rings. The topological polar surface area (TPSA) is 143 Å². The molecule has 0 unspecified atom stereocenters. The van der Waals surface area contributed by atoms with Gasteiger partial charge in [-0.25, -0.2) is 9.59 Å². The van der Waals surface area contributed by atoms with Crippen LogP contribution in [0.3, 0.4) is 0 Å². The molecule has 3 aliphatic carbocycles. The quantitative estimate of drug-likeness (QED) is 0.462. The molecule has 1 aromatic heterocycles. The minimum atomic E-state index is -0.946. The van der Waals surface area contributed by atoms with Crippen LogP contribution in [0.25, 0.3) is 5.69 Å². The maximum atomic E-state index is 12.8. The zero-order valence-corrected chi connectivity index (χ0v) is 23.2. The highest BCUT2D eigenvalue weighted by Gasteiger charge is 2.68. The summed E-state index contributed by atoms with van der Waals surface area (Å²) < 4.78 is 1.46. The third-order valence-electron chi connectivity index (χ3n) is 8.63. The number of nitrogens with zero attached hydrogens (tertiary/aromatic N) is 5. The summed E-state index contributed by atoms with van der Waals surface area (Å²) in [4.78, 5) is 47.7. The van der Waals surface area contributed by atoms with E-state index in [1.165, 1.54) is 29.4 Å². The lowest BCUT2D eigenvalue weighted by atomic mass is 9.39. The molecule has 0 spiro atoms. The lowest BCUT2D eigenvalue weighted by Gasteiger charge is -2.74. The molecule has 0 radical (unpaired) electrons. The Balaban J connectivity index is 1.16. The van der Waals surface area contributed by atoms with Gasteiger partial charge < -0.3 is 21.3 Å². The van der Waals surface area contributed by atoms with E-state index in [1.54, 1.807) is 35.9 Å². The van der Waals surface area contributed by atoms with Gasteiger partial charge in [-0.2, -0.15) is 4.98 Å². The van der Waals surface area contributed by atoms with E-state index in [0.29, 0.717) is 42.8 Å². The number of hydrogen-bond donors (Lipinski definition) is 3. The monoisotopic (exact) mass is 536 g/mol. The molecule has 0 atom stereocenters. The van der Waals surface area contributed by atoms with Gasteiger partial charge >= 0.3 is 11.7 Å². The van der Waals surface area contributed by atoms with E-state index in [-0.39, 0.29) is 17.8 Å². The molecule has 39 heavy (non-hydrogen) atoms. The molecule has 1 aromatic carbocycles. The fourth-order valence-corrected chi connectivity index (χ4v) is 6.47. The molecule has 2 bridgehead atoms. The van der Waals surface area contributed by atoms with Crippen LogP contribution in [-0.2, 0) is 11.3 Å². The highest BCUT2D eigenvalue weighted by atomic mass is 16.2. The van der Waals surface area contributed by atoms with Gasteiger partial charge in [0, 0.05) is 44.5 Å². The third-order valence-corrected chi connectivity index (χ3v) is 8.63. The molecular weight excluding hydrogens is 496 g/mol. The fraction of sp³-hybridized carbons (Fsp3) is 0.571. The van der Waals surface area contributed by atoms with Crippen molar-refractivity contribution >= 4 is 17.8 Å². The summed E-state index contributed by atoms with van der Waals surface area (Å²) in [6, 6.07) is 9.22. The first kappa shape index (κ1) is 27.3. The summed E-state index contributed by atoms with van der Waals surface area (Å²) in [6.07, 6.45) is 5.23. The van der Waals surface area contributed by atoms with Crippen LogP contribution in [0.5, 0.6) is 0 Å². The molecule has 2 aromatic rings. The summed E-state index contributed by atoms with van der Waals surface area (Å²) in [6.45, 7) is 9.78. The van der Waals surface area contributed by atoms with Crippen molar-refractivity contribution in [3.05, 3.63) is 52.6 Å². The summed E-state index contributed by atoms with van der Waals surface area (Å²) >= 11 is 0. The van der Waals surface area contributed by atoms with Crippen molar-refractivity contribution in [3.63, 3.8) is 0 Å². The molecule has 1 aliphatic heterocycles. The van der Waals surface area contributed by atoms with Crippen molar-refractivity contribution < 1.29 is 9.59 Å². The second-order valence-corrected chi connectivity index (χ2v) is 12.0. The van der Waals surface area contributed by atoms with Crippen LogP contribution in [0.1, 0.15) is 45.6 Å². The second kappa shape index (κ2) is 10.0. The Labute approximate surface area is 229 Å². The van der Waals surface area contributed by atoms with Crippen LogP contribution in [0, 0.1) is 5.41 Å². The van der Waals surface area contributed by atoms with Crippen molar-refractivity contribution in [2.24, 2.45) is 16.9 Å². The van der Waals surface area contributed by atoms with E-state index >= 15 is 0 Å². The predicted molar refractivity (Wildman–Crippen MR) is 149 cm³/mol. The number of hydrogen-bond acceptors (Lipinski definition) is 7. The number of piperazine rings is 1. The van der Waals surface area contributed by atoms with Crippen LogP contribution in [0.2, 0.25) is 0 Å². The number of nitrogens with two attached hydrogens (primary N) is 2. The van der Waals surface area contributed by atoms with E-state index < -0.39 is 11.2 Å². The molecule has 6 rings (SSSR count). The first-order valence-electron chi connectivity index (χ1n) is 13.8. The average molecular weight is 537 g/mol. The van der Waals surface area contributed by atoms with Crippen LogP contribution >= 0.6 is 0 Å². The number of anilines is 1. The van der Waals surface area contributed by atoms with Crippen LogP contribution in [0.4, 0.5) is 10.6 Å². The molecule has 11 nitrogen and oxygen atoms in total. The van der Waals surface area contributed by atoms with Gasteiger partial charge in [0.05, 0.1) is 11.2 Å². The predicted octanol–water partition coefficient (Wildman–Crippen LogP) is 1.35. The molecule has 4 aliphatic rings. The van der Waals surface area contributed by atoms with Crippen molar-refractivity contribution in [1.29, 1.82) is 0 Å². The third kappa shape index (κ3) is 5.18. The average Bonchev–Trinajstić information content (AvgIpc) is 2.86. The van der Waals surface area contributed by atoms with Crippen molar-refractivity contribution in [1.82, 2.24) is 24.3 Å². The largest absolute Gasteiger partial charge is 0.354 e. The Morgan fingerprint density at radius 1 is 1.05 bits per heavy atom. The van der Waals surface area contributed by atoms with Crippen molar-refractivity contribution in [2.75, 3.05) is 44.6 Å². The Morgan fingerprint density at radius 3 is 2.21 bits per heavy atom. The van der Waals surface area contributed by atoms with E-state index in [9.17, 15) is 14.4 Å². The first-order chi connectivity index (χ1) is 18.5. The maximum Gasteiger partial charge on any atom is 0.354 e. The van der Waals surface area contributed by atoms with E-state index in [1.807, 2.05) is 12.1 Å². The van der Waals surface area contributed by atoms with Gasteiger partial charge in [0.25, 0.3) is 0 Å². The van der Waals surface area contributed by atoms with E-state index in [2.05, 4.69) is 34.3 Å². The first-order valence-corrected chi connectivity index (χ1v) is 13.8. The van der Waals surface area contributed by atoms with Gasteiger partial charge in [0.2, 0.25) is 5.91 Å². The van der Waals surface area contributed by atoms with Crippen LogP contribution < -0.4 is 22.5 Å². The van der Waals surface area contributed by atoms with Crippen molar-refractivity contribution in [2.45, 2.75) is 57.7 Å². The van der Waals surface area contributed by atoms with E-state index in [0.717, 1.165) is 19.6 Å². The number of benzene rings is 1. The van der Waals surface area contributed by atoms with Crippen LogP contribution in [-0.4, -0.2) is 86.5 Å². The zero-order valence-electron chi connectivity index (χ0n) is 23.2.